The van der Waals surface area contributed by atoms with Crippen LogP contribution in [-0.4, -0.2) is 41.9 Å². The standard InChI is InChI=1S/C21H22ClN5O2/c22-21-25-19(23-8-10-1-3-11(4-2-10)12-5-6-12)15-20(26-21)27(9-24-15)16-13-7-14(13)17(28)18(16)29/h1-4,9,12-14,16-18,28-29H,5-8H2,(H,23,25,26)/t13-,14+,16+,17+,18-/m0/s1. The number of hydrogen-bond donors (Lipinski definition) is 3. The highest BCUT2D eigenvalue weighted by Crippen LogP contribution is 2.58. The summed E-state index contributed by atoms with van der Waals surface area (Å²) in [4.78, 5) is 13.2. The van der Waals surface area contributed by atoms with Crippen LogP contribution in [0.15, 0.2) is 30.6 Å². The normalized spacial score (nSPS) is 30.5. The monoisotopic (exact) mass is 411 g/mol. The Kier molecular flexibility index (Phi) is 3.88. The van der Waals surface area contributed by atoms with E-state index in [4.69, 9.17) is 11.6 Å². The molecule has 3 aliphatic rings. The van der Waals surface area contributed by atoms with Crippen molar-refractivity contribution in [1.29, 1.82) is 0 Å². The zero-order valence-electron chi connectivity index (χ0n) is 15.7. The largest absolute Gasteiger partial charge is 0.390 e. The van der Waals surface area contributed by atoms with Gasteiger partial charge in [-0.2, -0.15) is 9.97 Å². The number of aromatic nitrogens is 4. The second-order valence-corrected chi connectivity index (χ2v) is 8.91. The number of fused-ring (bicyclic) bond motifs is 2. The summed E-state index contributed by atoms with van der Waals surface area (Å²) in [5.74, 6) is 1.75. The summed E-state index contributed by atoms with van der Waals surface area (Å²) in [6.07, 6.45) is 3.69. The Balaban J connectivity index is 1.28. The van der Waals surface area contributed by atoms with Crippen LogP contribution in [0.25, 0.3) is 11.2 Å². The second kappa shape index (κ2) is 6.39. The average Bonchev–Trinajstić information content (AvgIpc) is 3.63. The maximum Gasteiger partial charge on any atom is 0.226 e. The third-order valence-corrected chi connectivity index (χ3v) is 6.84. The second-order valence-electron chi connectivity index (χ2n) is 8.57. The minimum absolute atomic E-state index is 0.131. The number of benzene rings is 1. The van der Waals surface area contributed by atoms with Crippen LogP contribution >= 0.6 is 11.6 Å². The van der Waals surface area contributed by atoms with Gasteiger partial charge in [0.2, 0.25) is 5.28 Å². The van der Waals surface area contributed by atoms with Gasteiger partial charge in [0.1, 0.15) is 6.10 Å². The number of hydrogen-bond acceptors (Lipinski definition) is 6. The molecule has 2 aromatic heterocycles. The molecule has 3 saturated carbocycles. The fraction of sp³-hybridized carbons (Fsp3) is 0.476. The van der Waals surface area contributed by atoms with Crippen molar-refractivity contribution in [3.05, 3.63) is 47.0 Å². The van der Waals surface area contributed by atoms with E-state index in [9.17, 15) is 10.2 Å². The van der Waals surface area contributed by atoms with Gasteiger partial charge in [0.15, 0.2) is 17.0 Å². The van der Waals surface area contributed by atoms with Crippen molar-refractivity contribution >= 4 is 28.6 Å². The number of imidazole rings is 1. The SMILES string of the molecule is O[C@@H]1[C@H](O)[C@@H]2C[C@@H]2[C@H]1n1cnc2c(NCc3ccc(C4CC4)cc3)nc(Cl)nc21. The van der Waals surface area contributed by atoms with Crippen molar-refractivity contribution in [3.8, 4) is 0 Å². The highest BCUT2D eigenvalue weighted by molar-refractivity contribution is 6.28. The Morgan fingerprint density at radius 1 is 1.07 bits per heavy atom. The van der Waals surface area contributed by atoms with Crippen molar-refractivity contribution in [2.75, 3.05) is 5.32 Å². The molecular formula is C21H22ClN5O2. The van der Waals surface area contributed by atoms with Gasteiger partial charge in [-0.05, 0) is 59.7 Å². The van der Waals surface area contributed by atoms with E-state index < -0.39 is 12.2 Å². The van der Waals surface area contributed by atoms with Crippen molar-refractivity contribution in [3.63, 3.8) is 0 Å². The molecule has 3 N–H and O–H groups in total. The van der Waals surface area contributed by atoms with E-state index >= 15 is 0 Å². The first kappa shape index (κ1) is 17.6. The minimum Gasteiger partial charge on any atom is -0.390 e. The third-order valence-electron chi connectivity index (χ3n) is 6.67. The Labute approximate surface area is 172 Å². The molecule has 1 aromatic carbocycles. The molecule has 7 nitrogen and oxygen atoms in total. The molecule has 0 unspecified atom stereocenters. The summed E-state index contributed by atoms with van der Waals surface area (Å²) in [6, 6.07) is 8.45. The van der Waals surface area contributed by atoms with Crippen molar-refractivity contribution in [2.24, 2.45) is 11.8 Å². The molecule has 3 aromatic rings. The lowest BCUT2D eigenvalue weighted by Gasteiger charge is -2.22. The number of rotatable bonds is 5. The molecule has 0 spiro atoms. The molecule has 29 heavy (non-hydrogen) atoms. The lowest BCUT2D eigenvalue weighted by atomic mass is 10.1. The summed E-state index contributed by atoms with van der Waals surface area (Å²) in [5.41, 5.74) is 3.78. The third kappa shape index (κ3) is 2.91. The first-order chi connectivity index (χ1) is 14.1. The van der Waals surface area contributed by atoms with Crippen LogP contribution in [0.4, 0.5) is 5.82 Å². The van der Waals surface area contributed by atoms with E-state index in [1.807, 2.05) is 4.57 Å². The molecule has 0 saturated heterocycles. The van der Waals surface area contributed by atoms with Crippen LogP contribution in [0.5, 0.6) is 0 Å². The number of anilines is 1. The molecule has 0 aliphatic heterocycles. The molecule has 8 heteroatoms. The summed E-state index contributed by atoms with van der Waals surface area (Å²) in [5, 5.41) is 24.1. The Bertz CT molecular complexity index is 1080. The molecular weight excluding hydrogens is 390 g/mol. The summed E-state index contributed by atoms with van der Waals surface area (Å²) < 4.78 is 1.85. The van der Waals surface area contributed by atoms with E-state index in [1.165, 1.54) is 18.4 Å². The van der Waals surface area contributed by atoms with Gasteiger partial charge in [0.05, 0.1) is 18.5 Å². The minimum atomic E-state index is -0.814. The summed E-state index contributed by atoms with van der Waals surface area (Å²) in [6.45, 7) is 0.607. The Morgan fingerprint density at radius 3 is 2.55 bits per heavy atom. The number of aliphatic hydroxyl groups is 2. The lowest BCUT2D eigenvalue weighted by molar-refractivity contribution is 0.00386. The Morgan fingerprint density at radius 2 is 1.86 bits per heavy atom. The molecule has 5 atom stereocenters. The predicted molar refractivity (Wildman–Crippen MR) is 109 cm³/mol. The van der Waals surface area contributed by atoms with E-state index in [-0.39, 0.29) is 23.2 Å². The zero-order chi connectivity index (χ0) is 19.7. The van der Waals surface area contributed by atoms with Crippen molar-refractivity contribution in [1.82, 2.24) is 19.5 Å². The van der Waals surface area contributed by atoms with Gasteiger partial charge in [-0.25, -0.2) is 4.98 Å². The summed E-state index contributed by atoms with van der Waals surface area (Å²) >= 11 is 6.20. The molecule has 0 bridgehead atoms. The van der Waals surface area contributed by atoms with Gasteiger partial charge >= 0.3 is 0 Å². The van der Waals surface area contributed by atoms with Gasteiger partial charge < -0.3 is 20.1 Å². The van der Waals surface area contributed by atoms with Crippen LogP contribution < -0.4 is 5.32 Å². The first-order valence-corrected chi connectivity index (χ1v) is 10.6. The van der Waals surface area contributed by atoms with Crippen LogP contribution in [0.3, 0.4) is 0 Å². The molecule has 0 amide bonds. The molecule has 150 valence electrons. The number of halogens is 1. The smallest absolute Gasteiger partial charge is 0.226 e. The van der Waals surface area contributed by atoms with Crippen LogP contribution in [0.2, 0.25) is 5.28 Å². The van der Waals surface area contributed by atoms with Gasteiger partial charge in [-0.1, -0.05) is 24.3 Å². The van der Waals surface area contributed by atoms with Gasteiger partial charge in [-0.3, -0.25) is 0 Å². The highest BCUT2D eigenvalue weighted by Gasteiger charge is 2.60. The average molecular weight is 412 g/mol. The van der Waals surface area contributed by atoms with Gasteiger partial charge in [0, 0.05) is 6.54 Å². The number of aliphatic hydroxyl groups excluding tert-OH is 2. The fourth-order valence-corrected chi connectivity index (χ4v) is 5.01. The summed E-state index contributed by atoms with van der Waals surface area (Å²) in [7, 11) is 0. The topological polar surface area (TPSA) is 96.1 Å². The van der Waals surface area contributed by atoms with Gasteiger partial charge in [0.25, 0.3) is 0 Å². The Hall–Kier alpha value is -2.22. The quantitative estimate of drug-likeness (QED) is 0.559. The van der Waals surface area contributed by atoms with E-state index in [1.54, 1.807) is 6.33 Å². The molecule has 2 heterocycles. The van der Waals surface area contributed by atoms with Crippen LogP contribution in [0, 0.1) is 11.8 Å². The van der Waals surface area contributed by atoms with E-state index in [0.717, 1.165) is 17.9 Å². The van der Waals surface area contributed by atoms with Crippen LogP contribution in [0.1, 0.15) is 42.3 Å². The van der Waals surface area contributed by atoms with E-state index in [0.29, 0.717) is 23.5 Å². The first-order valence-electron chi connectivity index (χ1n) is 10.2. The van der Waals surface area contributed by atoms with Crippen molar-refractivity contribution < 1.29 is 10.2 Å². The van der Waals surface area contributed by atoms with E-state index in [2.05, 4.69) is 44.5 Å². The molecule has 3 aliphatic carbocycles. The number of nitrogens with one attached hydrogen (secondary N) is 1. The fourth-order valence-electron chi connectivity index (χ4n) is 4.84. The number of nitrogens with zero attached hydrogens (tertiary/aromatic N) is 4. The van der Waals surface area contributed by atoms with Gasteiger partial charge in [-0.15, -0.1) is 0 Å². The molecule has 6 rings (SSSR count). The maximum atomic E-state index is 10.5. The van der Waals surface area contributed by atoms with Crippen molar-refractivity contribution in [2.45, 2.75) is 50.0 Å². The maximum absolute atomic E-state index is 10.5. The highest BCUT2D eigenvalue weighted by atomic mass is 35.5. The van der Waals surface area contributed by atoms with Crippen LogP contribution in [-0.2, 0) is 6.54 Å². The predicted octanol–water partition coefficient (Wildman–Crippen LogP) is 2.88. The molecule has 0 radical (unpaired) electrons. The zero-order valence-corrected chi connectivity index (χ0v) is 16.5. The molecule has 3 fully saturated rings. The lowest BCUT2D eigenvalue weighted by Crippen LogP contribution is -2.31.